The third-order valence-corrected chi connectivity index (χ3v) is 2.54. The van der Waals surface area contributed by atoms with E-state index in [0.29, 0.717) is 11.4 Å². The van der Waals surface area contributed by atoms with Gasteiger partial charge in [0.25, 0.3) is 0 Å². The molecule has 1 aromatic carbocycles. The highest BCUT2D eigenvalue weighted by molar-refractivity contribution is 5.60. The van der Waals surface area contributed by atoms with Gasteiger partial charge in [-0.25, -0.2) is 4.68 Å². The van der Waals surface area contributed by atoms with Crippen LogP contribution in [0, 0.1) is 0 Å². The minimum Gasteiger partial charge on any atom is -0.495 e. The zero-order valence-corrected chi connectivity index (χ0v) is 10.4. The maximum atomic E-state index is 9.30. The molecule has 0 fully saturated rings. The van der Waals surface area contributed by atoms with Gasteiger partial charge in [0, 0.05) is 12.6 Å². The van der Waals surface area contributed by atoms with Crippen LogP contribution in [-0.2, 0) is 0 Å². The molecule has 0 aliphatic carbocycles. The van der Waals surface area contributed by atoms with Crippen molar-refractivity contribution in [1.82, 2.24) is 20.2 Å². The topological polar surface area (TPSA) is 105 Å². The van der Waals surface area contributed by atoms with Crippen LogP contribution in [0.25, 0.3) is 5.69 Å². The first-order valence-corrected chi connectivity index (χ1v) is 5.68. The van der Waals surface area contributed by atoms with Crippen molar-refractivity contribution in [3.63, 3.8) is 0 Å². The standard InChI is InChI=1S/C11H15N5O3/c1-19-11-4-8(16-7-13-14-15-16)2-3-10(11)12-5-9(18)6-17/h2-4,7,9,12,17-18H,5-6H2,1H3. The average molecular weight is 265 g/mol. The Morgan fingerprint density at radius 3 is 2.95 bits per heavy atom. The number of rotatable bonds is 6. The molecule has 2 rings (SSSR count). The molecule has 0 aliphatic heterocycles. The molecule has 0 spiro atoms. The zero-order chi connectivity index (χ0) is 13.7. The SMILES string of the molecule is COc1cc(-n2cnnn2)ccc1NCC(O)CO. The van der Waals surface area contributed by atoms with Crippen molar-refractivity contribution < 1.29 is 14.9 Å². The van der Waals surface area contributed by atoms with E-state index in [9.17, 15) is 5.11 Å². The van der Waals surface area contributed by atoms with Gasteiger partial charge in [-0.15, -0.1) is 5.10 Å². The summed E-state index contributed by atoms with van der Waals surface area (Å²) in [5.74, 6) is 0.595. The molecule has 102 valence electrons. The first-order valence-electron chi connectivity index (χ1n) is 5.68. The molecule has 3 N–H and O–H groups in total. The molecule has 8 heteroatoms. The van der Waals surface area contributed by atoms with Gasteiger partial charge in [0.2, 0.25) is 0 Å². The van der Waals surface area contributed by atoms with Gasteiger partial charge in [0.1, 0.15) is 12.1 Å². The number of ether oxygens (including phenoxy) is 1. The number of aliphatic hydroxyl groups excluding tert-OH is 2. The molecule has 1 unspecified atom stereocenters. The number of nitrogens with one attached hydrogen (secondary N) is 1. The summed E-state index contributed by atoms with van der Waals surface area (Å²) in [7, 11) is 1.55. The van der Waals surface area contributed by atoms with E-state index in [1.165, 1.54) is 11.0 Å². The van der Waals surface area contributed by atoms with Crippen molar-refractivity contribution in [3.05, 3.63) is 24.5 Å². The van der Waals surface area contributed by atoms with Crippen LogP contribution < -0.4 is 10.1 Å². The zero-order valence-electron chi connectivity index (χ0n) is 10.4. The largest absolute Gasteiger partial charge is 0.495 e. The van der Waals surface area contributed by atoms with Crippen LogP contribution in [-0.4, -0.2) is 56.8 Å². The lowest BCUT2D eigenvalue weighted by Gasteiger charge is -2.14. The number of benzene rings is 1. The van der Waals surface area contributed by atoms with Gasteiger partial charge in [-0.2, -0.15) is 0 Å². The summed E-state index contributed by atoms with van der Waals surface area (Å²) >= 11 is 0. The maximum Gasteiger partial charge on any atom is 0.144 e. The third kappa shape index (κ3) is 3.18. The summed E-state index contributed by atoms with van der Waals surface area (Å²) < 4.78 is 6.77. The van der Waals surface area contributed by atoms with Crippen molar-refractivity contribution >= 4 is 5.69 Å². The quantitative estimate of drug-likeness (QED) is 0.642. The van der Waals surface area contributed by atoms with Gasteiger partial charge in [0.15, 0.2) is 0 Å². The van der Waals surface area contributed by atoms with Gasteiger partial charge < -0.3 is 20.3 Å². The second-order valence-corrected chi connectivity index (χ2v) is 3.86. The summed E-state index contributed by atoms with van der Waals surface area (Å²) in [4.78, 5) is 0. The Kier molecular flexibility index (Phi) is 4.26. The molecule has 8 nitrogen and oxygen atoms in total. The van der Waals surface area contributed by atoms with Crippen LogP contribution in [0.15, 0.2) is 24.5 Å². The fraction of sp³-hybridized carbons (Fsp3) is 0.364. The van der Waals surface area contributed by atoms with E-state index >= 15 is 0 Å². The van der Waals surface area contributed by atoms with Gasteiger partial charge >= 0.3 is 0 Å². The smallest absolute Gasteiger partial charge is 0.144 e. The predicted octanol–water partition coefficient (Wildman–Crippen LogP) is -0.564. The minimum atomic E-state index is -0.816. The summed E-state index contributed by atoms with van der Waals surface area (Å²) in [6.07, 6.45) is 0.668. The molecule has 1 atom stereocenters. The first-order chi connectivity index (χ1) is 9.24. The van der Waals surface area contributed by atoms with Crippen LogP contribution in [0.5, 0.6) is 5.75 Å². The first kappa shape index (κ1) is 13.2. The highest BCUT2D eigenvalue weighted by Crippen LogP contribution is 2.26. The highest BCUT2D eigenvalue weighted by Gasteiger charge is 2.08. The third-order valence-electron chi connectivity index (χ3n) is 2.54. The molecule has 0 aliphatic rings. The second-order valence-electron chi connectivity index (χ2n) is 3.86. The Labute approximate surface area is 109 Å². The van der Waals surface area contributed by atoms with Crippen LogP contribution in [0.1, 0.15) is 0 Å². The fourth-order valence-corrected chi connectivity index (χ4v) is 1.54. The summed E-state index contributed by atoms with van der Waals surface area (Å²) in [5, 5.41) is 32.0. The second kappa shape index (κ2) is 6.12. The summed E-state index contributed by atoms with van der Waals surface area (Å²) in [6.45, 7) is -0.0604. The van der Waals surface area contributed by atoms with Crippen LogP contribution >= 0.6 is 0 Å². The molecular weight excluding hydrogens is 250 g/mol. The number of anilines is 1. The van der Waals surface area contributed by atoms with E-state index in [4.69, 9.17) is 9.84 Å². The minimum absolute atomic E-state index is 0.233. The number of aromatic nitrogens is 4. The van der Waals surface area contributed by atoms with E-state index in [-0.39, 0.29) is 13.2 Å². The maximum absolute atomic E-state index is 9.30. The lowest BCUT2D eigenvalue weighted by atomic mass is 10.2. The Morgan fingerprint density at radius 2 is 2.32 bits per heavy atom. The van der Waals surface area contributed by atoms with E-state index in [1.54, 1.807) is 19.2 Å². The van der Waals surface area contributed by atoms with E-state index in [1.807, 2.05) is 6.07 Å². The molecule has 2 aromatic rings. The molecule has 0 saturated heterocycles. The normalized spacial score (nSPS) is 12.2. The molecule has 1 heterocycles. The number of nitrogens with zero attached hydrogens (tertiary/aromatic N) is 4. The van der Waals surface area contributed by atoms with Gasteiger partial charge in [-0.1, -0.05) is 0 Å². The Morgan fingerprint density at radius 1 is 1.47 bits per heavy atom. The average Bonchev–Trinajstić information content (AvgIpc) is 2.98. The van der Waals surface area contributed by atoms with Crippen LogP contribution in [0.2, 0.25) is 0 Å². The number of hydrogen-bond acceptors (Lipinski definition) is 7. The summed E-state index contributed by atoms with van der Waals surface area (Å²) in [6, 6.07) is 5.37. The van der Waals surface area contributed by atoms with Crippen LogP contribution in [0.4, 0.5) is 5.69 Å². The number of aliphatic hydroxyl groups is 2. The molecular formula is C11H15N5O3. The van der Waals surface area contributed by atoms with Crippen molar-refractivity contribution in [2.45, 2.75) is 6.10 Å². The lowest BCUT2D eigenvalue weighted by Crippen LogP contribution is -2.23. The molecule has 0 saturated carbocycles. The van der Waals surface area contributed by atoms with Crippen molar-refractivity contribution in [1.29, 1.82) is 0 Å². The van der Waals surface area contributed by atoms with Gasteiger partial charge in [0.05, 0.1) is 31.2 Å². The monoisotopic (exact) mass is 265 g/mol. The Balaban J connectivity index is 2.17. The van der Waals surface area contributed by atoms with E-state index in [0.717, 1.165) is 5.69 Å². The van der Waals surface area contributed by atoms with E-state index in [2.05, 4.69) is 20.8 Å². The number of hydrogen-bond donors (Lipinski definition) is 3. The van der Waals surface area contributed by atoms with Crippen molar-refractivity contribution in [3.8, 4) is 11.4 Å². The van der Waals surface area contributed by atoms with E-state index < -0.39 is 6.10 Å². The van der Waals surface area contributed by atoms with Crippen LogP contribution in [0.3, 0.4) is 0 Å². The Hall–Kier alpha value is -2.19. The van der Waals surface area contributed by atoms with Crippen molar-refractivity contribution in [2.24, 2.45) is 0 Å². The fourth-order valence-electron chi connectivity index (χ4n) is 1.54. The van der Waals surface area contributed by atoms with Crippen molar-refractivity contribution in [2.75, 3.05) is 25.6 Å². The molecule has 0 amide bonds. The molecule has 1 aromatic heterocycles. The molecule has 19 heavy (non-hydrogen) atoms. The summed E-state index contributed by atoms with van der Waals surface area (Å²) in [5.41, 5.74) is 1.47. The van der Waals surface area contributed by atoms with Gasteiger partial charge in [-0.3, -0.25) is 0 Å². The number of methoxy groups -OCH3 is 1. The molecule has 0 radical (unpaired) electrons. The number of tetrazole rings is 1. The van der Waals surface area contributed by atoms with Gasteiger partial charge in [-0.05, 0) is 22.6 Å². The lowest BCUT2D eigenvalue weighted by molar-refractivity contribution is 0.105. The molecule has 0 bridgehead atoms. The highest BCUT2D eigenvalue weighted by atomic mass is 16.5. The predicted molar refractivity (Wildman–Crippen MR) is 67.3 cm³/mol. The Bertz CT molecular complexity index is 517.